The maximum Gasteiger partial charge on any atom is 0.249 e. The molecule has 0 bridgehead atoms. The first kappa shape index (κ1) is 16.0. The maximum atomic E-state index is 11.9. The number of hydrogen-bond donors (Lipinski definition) is 1. The van der Waals surface area contributed by atoms with Crippen LogP contribution in [0.25, 0.3) is 6.08 Å². The fourth-order valence-electron chi connectivity index (χ4n) is 2.12. The summed E-state index contributed by atoms with van der Waals surface area (Å²) >= 11 is 0. The topological polar surface area (TPSA) is 46.9 Å². The van der Waals surface area contributed by atoms with Gasteiger partial charge in [0.2, 0.25) is 5.91 Å². The molecule has 0 unspecified atom stereocenters. The van der Waals surface area contributed by atoms with Crippen LogP contribution in [0.3, 0.4) is 0 Å². The standard InChI is InChI=1S/C18H23N3O/c1-5-21-16(12-13-19-21)20-17(22)11-8-14-6-9-15(10-7-14)18(2,3)4/h6-13H,5H2,1-4H3,(H,20,22). The third kappa shape index (κ3) is 4.07. The highest BCUT2D eigenvalue weighted by Crippen LogP contribution is 2.22. The molecule has 1 aromatic heterocycles. The predicted molar refractivity (Wildman–Crippen MR) is 90.7 cm³/mol. The van der Waals surface area contributed by atoms with Crippen molar-refractivity contribution < 1.29 is 4.79 Å². The van der Waals surface area contributed by atoms with E-state index in [0.29, 0.717) is 5.82 Å². The molecule has 4 heteroatoms. The number of rotatable bonds is 4. The van der Waals surface area contributed by atoms with Gasteiger partial charge in [-0.15, -0.1) is 0 Å². The molecule has 22 heavy (non-hydrogen) atoms. The molecule has 1 aromatic carbocycles. The highest BCUT2D eigenvalue weighted by molar-refractivity contribution is 6.01. The summed E-state index contributed by atoms with van der Waals surface area (Å²) < 4.78 is 1.74. The van der Waals surface area contributed by atoms with Crippen LogP contribution in [0, 0.1) is 0 Å². The van der Waals surface area contributed by atoms with Crippen molar-refractivity contribution in [3.63, 3.8) is 0 Å². The maximum absolute atomic E-state index is 11.9. The molecular weight excluding hydrogens is 274 g/mol. The van der Waals surface area contributed by atoms with E-state index in [2.05, 4.69) is 43.3 Å². The van der Waals surface area contributed by atoms with Gasteiger partial charge >= 0.3 is 0 Å². The zero-order chi connectivity index (χ0) is 16.2. The zero-order valence-corrected chi connectivity index (χ0v) is 13.6. The highest BCUT2D eigenvalue weighted by atomic mass is 16.1. The lowest BCUT2D eigenvalue weighted by Crippen LogP contribution is -2.12. The van der Waals surface area contributed by atoms with Crippen LogP contribution in [0.5, 0.6) is 0 Å². The van der Waals surface area contributed by atoms with E-state index in [9.17, 15) is 4.79 Å². The largest absolute Gasteiger partial charge is 0.307 e. The molecule has 0 aliphatic rings. The van der Waals surface area contributed by atoms with Crippen molar-refractivity contribution in [1.29, 1.82) is 0 Å². The number of hydrogen-bond acceptors (Lipinski definition) is 2. The predicted octanol–water partition coefficient (Wildman–Crippen LogP) is 3.85. The van der Waals surface area contributed by atoms with Gasteiger partial charge in [-0.2, -0.15) is 5.10 Å². The van der Waals surface area contributed by atoms with Crippen molar-refractivity contribution in [2.75, 3.05) is 5.32 Å². The van der Waals surface area contributed by atoms with Crippen LogP contribution >= 0.6 is 0 Å². The quantitative estimate of drug-likeness (QED) is 0.871. The van der Waals surface area contributed by atoms with Crippen LogP contribution in [0.1, 0.15) is 38.8 Å². The van der Waals surface area contributed by atoms with Crippen molar-refractivity contribution in [2.45, 2.75) is 39.7 Å². The molecule has 0 atom stereocenters. The van der Waals surface area contributed by atoms with Crippen molar-refractivity contribution in [2.24, 2.45) is 0 Å². The Labute approximate surface area is 131 Å². The molecular formula is C18H23N3O. The van der Waals surface area contributed by atoms with Crippen molar-refractivity contribution in [3.8, 4) is 0 Å². The van der Waals surface area contributed by atoms with Crippen molar-refractivity contribution in [1.82, 2.24) is 9.78 Å². The fourth-order valence-corrected chi connectivity index (χ4v) is 2.12. The minimum absolute atomic E-state index is 0.137. The molecule has 0 aliphatic heterocycles. The molecule has 1 heterocycles. The first-order chi connectivity index (χ1) is 10.4. The van der Waals surface area contributed by atoms with Gasteiger partial charge in [-0.25, -0.2) is 4.68 Å². The van der Waals surface area contributed by atoms with Crippen LogP contribution in [-0.4, -0.2) is 15.7 Å². The number of carbonyl (C=O) groups excluding carboxylic acids is 1. The lowest BCUT2D eigenvalue weighted by atomic mass is 9.87. The summed E-state index contributed by atoms with van der Waals surface area (Å²) in [5, 5.41) is 6.94. The third-order valence-electron chi connectivity index (χ3n) is 3.47. The Balaban J connectivity index is 2.01. The van der Waals surface area contributed by atoms with E-state index in [4.69, 9.17) is 0 Å². The lowest BCUT2D eigenvalue weighted by molar-refractivity contribution is -0.111. The summed E-state index contributed by atoms with van der Waals surface area (Å²) in [4.78, 5) is 11.9. The molecule has 116 valence electrons. The summed E-state index contributed by atoms with van der Waals surface area (Å²) in [7, 11) is 0. The second-order valence-corrected chi connectivity index (χ2v) is 6.23. The second kappa shape index (κ2) is 6.60. The lowest BCUT2D eigenvalue weighted by Gasteiger charge is -2.18. The van der Waals surface area contributed by atoms with Crippen molar-refractivity contribution in [3.05, 3.63) is 53.7 Å². The Morgan fingerprint density at radius 1 is 1.23 bits per heavy atom. The average molecular weight is 297 g/mol. The molecule has 4 nitrogen and oxygen atoms in total. The SMILES string of the molecule is CCn1nccc1NC(=O)C=Cc1ccc(C(C)(C)C)cc1. The number of nitrogens with one attached hydrogen (secondary N) is 1. The summed E-state index contributed by atoms with van der Waals surface area (Å²) in [6.45, 7) is 9.25. The molecule has 0 fully saturated rings. The summed E-state index contributed by atoms with van der Waals surface area (Å²) in [6, 6.07) is 10.0. The number of nitrogens with zero attached hydrogens (tertiary/aromatic N) is 2. The molecule has 0 spiro atoms. The molecule has 2 rings (SSSR count). The third-order valence-corrected chi connectivity index (χ3v) is 3.47. The smallest absolute Gasteiger partial charge is 0.249 e. The summed E-state index contributed by atoms with van der Waals surface area (Å²) in [5.41, 5.74) is 2.42. The Kier molecular flexibility index (Phi) is 4.81. The van der Waals surface area contributed by atoms with Gasteiger partial charge in [0.15, 0.2) is 0 Å². The fraction of sp³-hybridized carbons (Fsp3) is 0.333. The molecule has 0 saturated carbocycles. The monoisotopic (exact) mass is 297 g/mol. The van der Waals surface area contributed by atoms with Gasteiger partial charge < -0.3 is 5.32 Å². The molecule has 1 amide bonds. The molecule has 2 aromatic rings. The summed E-state index contributed by atoms with van der Waals surface area (Å²) in [6.07, 6.45) is 5.03. The van der Waals surface area contributed by atoms with Gasteiger partial charge in [-0.05, 0) is 29.5 Å². The number of amides is 1. The van der Waals surface area contributed by atoms with E-state index in [1.54, 1.807) is 23.0 Å². The molecule has 1 N–H and O–H groups in total. The number of anilines is 1. The van der Waals surface area contributed by atoms with Gasteiger partial charge in [0.1, 0.15) is 5.82 Å². The van der Waals surface area contributed by atoms with Crippen LogP contribution in [0.4, 0.5) is 5.82 Å². The van der Waals surface area contributed by atoms with E-state index >= 15 is 0 Å². The Bertz CT molecular complexity index is 660. The van der Waals surface area contributed by atoms with Crippen LogP contribution in [-0.2, 0) is 16.8 Å². The van der Waals surface area contributed by atoms with E-state index < -0.39 is 0 Å². The van der Waals surface area contributed by atoms with E-state index in [1.165, 1.54) is 5.56 Å². The van der Waals surface area contributed by atoms with Gasteiger partial charge in [0.05, 0.1) is 6.20 Å². The first-order valence-electron chi connectivity index (χ1n) is 7.51. The number of benzene rings is 1. The Morgan fingerprint density at radius 3 is 2.50 bits per heavy atom. The minimum Gasteiger partial charge on any atom is -0.307 e. The Morgan fingerprint density at radius 2 is 1.91 bits per heavy atom. The van der Waals surface area contributed by atoms with Gasteiger partial charge in [0, 0.05) is 18.7 Å². The molecule has 0 aliphatic carbocycles. The first-order valence-corrected chi connectivity index (χ1v) is 7.51. The van der Waals surface area contributed by atoms with Crippen molar-refractivity contribution >= 4 is 17.8 Å². The minimum atomic E-state index is -0.157. The number of carbonyl (C=O) groups is 1. The van der Waals surface area contributed by atoms with Gasteiger partial charge in [0.25, 0.3) is 0 Å². The van der Waals surface area contributed by atoms with Gasteiger partial charge in [-0.1, -0.05) is 45.0 Å². The van der Waals surface area contributed by atoms with Crippen LogP contribution in [0.2, 0.25) is 0 Å². The number of aromatic nitrogens is 2. The second-order valence-electron chi connectivity index (χ2n) is 6.23. The number of aryl methyl sites for hydroxylation is 1. The van der Waals surface area contributed by atoms with Crippen LogP contribution in [0.15, 0.2) is 42.6 Å². The summed E-state index contributed by atoms with van der Waals surface area (Å²) in [5.74, 6) is 0.551. The molecule has 0 radical (unpaired) electrons. The zero-order valence-electron chi connectivity index (χ0n) is 13.6. The van der Waals surface area contributed by atoms with E-state index in [1.807, 2.05) is 25.1 Å². The van der Waals surface area contributed by atoms with Gasteiger partial charge in [-0.3, -0.25) is 4.79 Å². The van der Waals surface area contributed by atoms with E-state index in [-0.39, 0.29) is 11.3 Å². The normalized spacial score (nSPS) is 11.8. The Hall–Kier alpha value is -2.36. The van der Waals surface area contributed by atoms with Crippen LogP contribution < -0.4 is 5.32 Å². The van der Waals surface area contributed by atoms with E-state index in [0.717, 1.165) is 12.1 Å². The molecule has 0 saturated heterocycles. The average Bonchev–Trinajstić information content (AvgIpc) is 2.92. The highest BCUT2D eigenvalue weighted by Gasteiger charge is 2.12.